The van der Waals surface area contributed by atoms with E-state index in [-0.39, 0.29) is 49.5 Å². The van der Waals surface area contributed by atoms with Gasteiger partial charge in [-0.3, -0.25) is 14.5 Å². The predicted octanol–water partition coefficient (Wildman–Crippen LogP) is 4.37. The van der Waals surface area contributed by atoms with E-state index in [4.69, 9.17) is 17.3 Å². The largest absolute Gasteiger partial charge is 0.507 e. The topological polar surface area (TPSA) is 120 Å². The van der Waals surface area contributed by atoms with Gasteiger partial charge in [0.25, 0.3) is 5.56 Å². The predicted molar refractivity (Wildman–Crippen MR) is 137 cm³/mol. The second-order valence-corrected chi connectivity index (χ2v) is 10.4. The zero-order valence-corrected chi connectivity index (χ0v) is 21.1. The Kier molecular flexibility index (Phi) is 8.08. The van der Waals surface area contributed by atoms with Crippen LogP contribution in [0.1, 0.15) is 24.8 Å². The van der Waals surface area contributed by atoms with Crippen molar-refractivity contribution in [1.82, 2.24) is 9.88 Å². The van der Waals surface area contributed by atoms with Crippen molar-refractivity contribution in [2.45, 2.75) is 42.5 Å². The van der Waals surface area contributed by atoms with Crippen LogP contribution in [-0.4, -0.2) is 57.0 Å². The average Bonchev–Trinajstić information content (AvgIpc) is 3.31. The summed E-state index contributed by atoms with van der Waals surface area (Å²) in [5.74, 6) is -0.618. The molecule has 2 aromatic carbocycles. The van der Waals surface area contributed by atoms with Crippen LogP contribution in [0.25, 0.3) is 22.0 Å². The number of phenolic OH excluding ortho intramolecular Hbond substituents is 1. The summed E-state index contributed by atoms with van der Waals surface area (Å²) >= 11 is 7.09. The fourth-order valence-corrected chi connectivity index (χ4v) is 5.80. The highest BCUT2D eigenvalue weighted by atomic mass is 35.5. The maximum Gasteiger partial charge on any atom is 0.416 e. The number of carbonyl (C=O) groups excluding carboxylic acids is 1. The number of rotatable bonds is 8. The lowest BCUT2D eigenvalue weighted by atomic mass is 9.98. The van der Waals surface area contributed by atoms with Crippen molar-refractivity contribution in [3.63, 3.8) is 0 Å². The van der Waals surface area contributed by atoms with Crippen LogP contribution in [0.5, 0.6) is 5.75 Å². The summed E-state index contributed by atoms with van der Waals surface area (Å²) in [5.41, 5.74) is 4.29. The molecular formula is C25H25ClF3N3O4S. The van der Waals surface area contributed by atoms with Crippen molar-refractivity contribution in [2.24, 2.45) is 5.73 Å². The number of benzene rings is 2. The van der Waals surface area contributed by atoms with Crippen molar-refractivity contribution in [2.75, 3.05) is 18.8 Å². The highest BCUT2D eigenvalue weighted by molar-refractivity contribution is 7.99. The molecule has 1 aliphatic heterocycles. The molecule has 2 unspecified atom stereocenters. The quantitative estimate of drug-likeness (QED) is 0.307. The first-order valence-electron chi connectivity index (χ1n) is 11.6. The summed E-state index contributed by atoms with van der Waals surface area (Å²) in [4.78, 5) is 29.2. The van der Waals surface area contributed by atoms with Crippen LogP contribution < -0.4 is 11.3 Å². The molecule has 198 valence electrons. The number of nitrogens with zero attached hydrogens (tertiary/aromatic N) is 1. The first-order chi connectivity index (χ1) is 17.5. The number of halogens is 4. The molecule has 1 saturated heterocycles. The Morgan fingerprint density at radius 1 is 1.27 bits per heavy atom. The fourth-order valence-electron chi connectivity index (χ4n) is 4.56. The molecule has 1 aromatic heterocycles. The van der Waals surface area contributed by atoms with Crippen molar-refractivity contribution < 1.29 is 28.2 Å². The maximum atomic E-state index is 13.5. The number of nitrogens with two attached hydrogens (primary N) is 1. The molecule has 1 fully saturated rings. The Balaban J connectivity index is 1.69. The first-order valence-corrected chi connectivity index (χ1v) is 12.9. The first kappa shape index (κ1) is 27.3. The van der Waals surface area contributed by atoms with Gasteiger partial charge in [-0.15, -0.1) is 11.8 Å². The van der Waals surface area contributed by atoms with Crippen LogP contribution in [0.4, 0.5) is 13.2 Å². The number of aromatic nitrogens is 1. The number of carbonyl (C=O) groups is 1. The van der Waals surface area contributed by atoms with E-state index < -0.39 is 29.3 Å². The van der Waals surface area contributed by atoms with Gasteiger partial charge in [-0.2, -0.15) is 13.2 Å². The van der Waals surface area contributed by atoms with Crippen LogP contribution in [0.3, 0.4) is 0 Å². The molecule has 0 aliphatic carbocycles. The van der Waals surface area contributed by atoms with Gasteiger partial charge in [-0.25, -0.2) is 0 Å². The Bertz CT molecular complexity index is 1380. The number of alkyl halides is 3. The molecule has 7 nitrogen and oxygen atoms in total. The van der Waals surface area contributed by atoms with E-state index in [0.29, 0.717) is 25.9 Å². The molecule has 5 N–H and O–H groups in total. The van der Waals surface area contributed by atoms with Crippen LogP contribution in [0.15, 0.2) is 46.1 Å². The third kappa shape index (κ3) is 6.06. The van der Waals surface area contributed by atoms with Crippen molar-refractivity contribution in [3.8, 4) is 16.9 Å². The zero-order chi connectivity index (χ0) is 26.9. The molecule has 2 heterocycles. The van der Waals surface area contributed by atoms with E-state index in [1.807, 2.05) is 4.90 Å². The SMILES string of the molecule is NC(=O)C1CCCN1CCC(O)CSc1c(-c2cc(Cl)ccc2O)c2cc(C(F)(F)F)ccc2[nH]c1=O. The minimum Gasteiger partial charge on any atom is -0.507 e. The number of primary amides is 1. The molecule has 3 aromatic rings. The number of likely N-dealkylation sites (tertiary alicyclic amines) is 1. The summed E-state index contributed by atoms with van der Waals surface area (Å²) in [6.07, 6.45) is -3.70. The molecule has 12 heteroatoms. The summed E-state index contributed by atoms with van der Waals surface area (Å²) in [6, 6.07) is 6.68. The molecule has 0 spiro atoms. The number of H-pyrrole nitrogens is 1. The normalized spacial score (nSPS) is 17.4. The number of nitrogens with one attached hydrogen (secondary N) is 1. The number of hydrogen-bond donors (Lipinski definition) is 4. The second-order valence-electron chi connectivity index (χ2n) is 8.93. The van der Waals surface area contributed by atoms with Crippen LogP contribution in [0.2, 0.25) is 5.02 Å². The average molecular weight is 556 g/mol. The smallest absolute Gasteiger partial charge is 0.416 e. The van der Waals surface area contributed by atoms with Crippen molar-refractivity contribution >= 4 is 40.2 Å². The number of aliphatic hydroxyl groups is 1. The van der Waals surface area contributed by atoms with Gasteiger partial charge in [0, 0.05) is 39.4 Å². The number of pyridine rings is 1. The molecule has 2 atom stereocenters. The van der Waals surface area contributed by atoms with E-state index in [9.17, 15) is 33.0 Å². The number of aliphatic hydroxyl groups excluding tert-OH is 1. The van der Waals surface area contributed by atoms with Gasteiger partial charge < -0.3 is 20.9 Å². The Labute approximate surface area is 219 Å². The van der Waals surface area contributed by atoms with E-state index in [0.717, 1.165) is 30.3 Å². The number of aromatic amines is 1. The Morgan fingerprint density at radius 3 is 2.73 bits per heavy atom. The van der Waals surface area contributed by atoms with Gasteiger partial charge in [-0.1, -0.05) is 11.6 Å². The number of thioether (sulfide) groups is 1. The highest BCUT2D eigenvalue weighted by Crippen LogP contribution is 2.42. The maximum absolute atomic E-state index is 13.5. The highest BCUT2D eigenvalue weighted by Gasteiger charge is 2.32. The van der Waals surface area contributed by atoms with Gasteiger partial charge in [0.05, 0.1) is 22.6 Å². The van der Waals surface area contributed by atoms with E-state index in [1.165, 1.54) is 24.3 Å². The molecule has 0 radical (unpaired) electrons. The number of phenols is 1. The van der Waals surface area contributed by atoms with E-state index >= 15 is 0 Å². The molecule has 37 heavy (non-hydrogen) atoms. The van der Waals surface area contributed by atoms with Gasteiger partial charge in [0.2, 0.25) is 5.91 Å². The van der Waals surface area contributed by atoms with E-state index in [1.54, 1.807) is 0 Å². The molecular weight excluding hydrogens is 531 g/mol. The van der Waals surface area contributed by atoms with E-state index in [2.05, 4.69) is 4.98 Å². The summed E-state index contributed by atoms with van der Waals surface area (Å²) in [6.45, 7) is 1.12. The minimum atomic E-state index is -4.63. The molecule has 1 aliphatic rings. The molecule has 0 saturated carbocycles. The number of fused-ring (bicyclic) bond motifs is 1. The lowest BCUT2D eigenvalue weighted by Crippen LogP contribution is -2.41. The minimum absolute atomic E-state index is 0.0413. The lowest BCUT2D eigenvalue weighted by Gasteiger charge is -2.23. The number of hydrogen-bond acceptors (Lipinski definition) is 6. The number of amides is 1. The standard InChI is InChI=1S/C25H25ClF3N3O4S/c26-14-4-6-20(34)17(11-14)21-16-10-13(25(27,28)29)3-5-18(16)31-24(36)22(21)37-12-15(33)7-9-32-8-1-2-19(32)23(30)35/h3-6,10-11,15,19,33-34H,1-2,7-9,12H2,(H2,30,35)(H,31,36). The Hall–Kier alpha value is -2.73. The molecule has 0 bridgehead atoms. The Morgan fingerprint density at radius 2 is 2.03 bits per heavy atom. The zero-order valence-electron chi connectivity index (χ0n) is 19.5. The summed E-state index contributed by atoms with van der Waals surface area (Å²) in [5, 5.41) is 21.5. The van der Waals surface area contributed by atoms with Crippen LogP contribution in [0, 0.1) is 0 Å². The third-order valence-corrected chi connectivity index (χ3v) is 7.85. The van der Waals surface area contributed by atoms with Gasteiger partial charge in [-0.05, 0) is 62.2 Å². The molecule has 1 amide bonds. The van der Waals surface area contributed by atoms with Crippen molar-refractivity contribution in [3.05, 3.63) is 57.3 Å². The van der Waals surface area contributed by atoms with Crippen LogP contribution >= 0.6 is 23.4 Å². The fraction of sp³-hybridized carbons (Fsp3) is 0.360. The monoisotopic (exact) mass is 555 g/mol. The third-order valence-electron chi connectivity index (χ3n) is 6.39. The van der Waals surface area contributed by atoms with Gasteiger partial charge in [0.15, 0.2) is 0 Å². The summed E-state index contributed by atoms with van der Waals surface area (Å²) in [7, 11) is 0. The van der Waals surface area contributed by atoms with Gasteiger partial charge in [0.1, 0.15) is 5.75 Å². The molecule has 4 rings (SSSR count). The lowest BCUT2D eigenvalue weighted by molar-refractivity contribution is -0.137. The second kappa shape index (κ2) is 10.9. The van der Waals surface area contributed by atoms with Crippen molar-refractivity contribution in [1.29, 1.82) is 0 Å². The van der Waals surface area contributed by atoms with Crippen LogP contribution in [-0.2, 0) is 11.0 Å². The summed E-state index contributed by atoms with van der Waals surface area (Å²) < 4.78 is 40.5. The van der Waals surface area contributed by atoms with Gasteiger partial charge >= 0.3 is 6.18 Å². The number of aromatic hydroxyl groups is 1.